The van der Waals surface area contributed by atoms with Crippen LogP contribution < -0.4 is 0 Å². The number of nitrogens with zero attached hydrogens (tertiary/aromatic N) is 1. The molecule has 8 nitrogen and oxygen atoms in total. The highest BCUT2D eigenvalue weighted by atomic mass is 31.2. The predicted octanol–water partition coefficient (Wildman–Crippen LogP) is 18.5. The Balaban J connectivity index is 4.06. The van der Waals surface area contributed by atoms with E-state index in [0.29, 0.717) is 24.1 Å². The minimum atomic E-state index is -4.29. The first-order chi connectivity index (χ1) is 33.1. The van der Waals surface area contributed by atoms with Gasteiger partial charge in [0.05, 0.1) is 34.4 Å². The van der Waals surface area contributed by atoms with Crippen LogP contribution in [-0.2, 0) is 27.9 Å². The summed E-state index contributed by atoms with van der Waals surface area (Å²) in [6.45, 7) is 5.64. The maximum absolute atomic E-state index is 12.8. The van der Waals surface area contributed by atoms with Gasteiger partial charge >= 0.3 is 13.8 Å². The molecule has 0 amide bonds. The molecule has 1 N–H and O–H groups in total. The zero-order valence-corrected chi connectivity index (χ0v) is 46.8. The molecule has 0 aromatic heterocycles. The van der Waals surface area contributed by atoms with Gasteiger partial charge in [-0.1, -0.05) is 256 Å². The summed E-state index contributed by atoms with van der Waals surface area (Å²) in [5.74, 6) is -0.311. The van der Waals surface area contributed by atoms with Gasteiger partial charge in [0, 0.05) is 13.0 Å². The number of carbonyl (C=O) groups excluding carboxylic acids is 1. The SMILES string of the molecule is CCCCCCC/C=C\C/C=C\C/C=C\CCCCCCCCCOCC(COP(=O)(O)OCC[N+](C)(C)C)OC(=O)CCCCCCCCCCCCCCCCCCCCCCCCCC. The zero-order chi connectivity index (χ0) is 49.8. The average molecular weight is 982 g/mol. The molecular weight excluding hydrogens is 866 g/mol. The molecule has 68 heavy (non-hydrogen) atoms. The standard InChI is InChI=1S/C59H114NO7P/c1-6-8-10-12-14-16-18-20-22-24-26-28-30-31-32-34-36-38-40-42-44-46-48-50-52-59(61)67-58(57-66-68(62,63)65-55-53-60(3,4)5)56-64-54-51-49-47-45-43-41-39-37-35-33-29-27-25-23-21-19-17-15-13-11-9-7-2/h19,21,25,27,33,35,58H,6-18,20,22-24,26,28-32,34,36-57H2,1-5H3/p+1/b21-19-,27-25-,35-33-. The van der Waals surface area contributed by atoms with Crippen molar-refractivity contribution in [2.24, 2.45) is 0 Å². The van der Waals surface area contributed by atoms with Gasteiger partial charge in [-0.05, 0) is 51.4 Å². The Kier molecular flexibility index (Phi) is 51.1. The number of allylic oxidation sites excluding steroid dienone is 6. The van der Waals surface area contributed by atoms with Gasteiger partial charge in [-0.25, -0.2) is 4.57 Å². The lowest BCUT2D eigenvalue weighted by molar-refractivity contribution is -0.870. The second-order valence-corrected chi connectivity index (χ2v) is 22.5. The molecule has 0 spiro atoms. The molecular formula is C59H115NO7P+. The minimum absolute atomic E-state index is 0.0878. The van der Waals surface area contributed by atoms with Gasteiger partial charge in [0.25, 0.3) is 0 Å². The largest absolute Gasteiger partial charge is 0.472 e. The van der Waals surface area contributed by atoms with Gasteiger partial charge in [0.15, 0.2) is 0 Å². The van der Waals surface area contributed by atoms with Gasteiger partial charge in [-0.2, -0.15) is 0 Å². The number of rotatable bonds is 55. The van der Waals surface area contributed by atoms with E-state index in [1.165, 1.54) is 205 Å². The van der Waals surface area contributed by atoms with E-state index in [4.69, 9.17) is 18.5 Å². The van der Waals surface area contributed by atoms with Gasteiger partial charge in [-0.3, -0.25) is 13.8 Å². The maximum atomic E-state index is 12.8. The molecule has 0 rings (SSSR count). The molecule has 0 fully saturated rings. The molecule has 2 atom stereocenters. The Morgan fingerprint density at radius 3 is 1.21 bits per heavy atom. The van der Waals surface area contributed by atoms with E-state index < -0.39 is 13.9 Å². The molecule has 0 aromatic rings. The number of carbonyl (C=O) groups is 1. The van der Waals surface area contributed by atoms with Crippen molar-refractivity contribution in [3.05, 3.63) is 36.5 Å². The Morgan fingerprint density at radius 2 is 0.809 bits per heavy atom. The van der Waals surface area contributed by atoms with Crippen LogP contribution in [-0.4, -0.2) is 75.6 Å². The Bertz CT molecular complexity index is 1180. The highest BCUT2D eigenvalue weighted by Crippen LogP contribution is 2.43. The lowest BCUT2D eigenvalue weighted by atomic mass is 10.0. The number of phosphoric ester groups is 1. The van der Waals surface area contributed by atoms with Crippen LogP contribution in [0, 0.1) is 0 Å². The molecule has 0 saturated heterocycles. The first-order valence-electron chi connectivity index (χ1n) is 29.2. The maximum Gasteiger partial charge on any atom is 0.472 e. The molecule has 0 aliphatic heterocycles. The van der Waals surface area contributed by atoms with Crippen LogP contribution in [0.1, 0.15) is 277 Å². The van der Waals surface area contributed by atoms with Crippen molar-refractivity contribution in [1.82, 2.24) is 0 Å². The van der Waals surface area contributed by atoms with Gasteiger partial charge in [0.2, 0.25) is 0 Å². The highest BCUT2D eigenvalue weighted by Gasteiger charge is 2.26. The van der Waals surface area contributed by atoms with Crippen LogP contribution >= 0.6 is 7.82 Å². The van der Waals surface area contributed by atoms with Crippen LogP contribution in [0.25, 0.3) is 0 Å². The van der Waals surface area contributed by atoms with Crippen molar-refractivity contribution in [1.29, 1.82) is 0 Å². The quantitative estimate of drug-likeness (QED) is 0.0213. The fourth-order valence-electron chi connectivity index (χ4n) is 8.45. The van der Waals surface area contributed by atoms with Crippen molar-refractivity contribution in [3.8, 4) is 0 Å². The third-order valence-electron chi connectivity index (χ3n) is 13.0. The second-order valence-electron chi connectivity index (χ2n) is 21.0. The normalized spacial score (nSPS) is 13.7. The summed E-state index contributed by atoms with van der Waals surface area (Å²) < 4.78 is 35.3. The summed E-state index contributed by atoms with van der Waals surface area (Å²) in [4.78, 5) is 23.1. The van der Waals surface area contributed by atoms with Crippen LogP contribution in [0.2, 0.25) is 0 Å². The Morgan fingerprint density at radius 1 is 0.456 bits per heavy atom. The summed E-state index contributed by atoms with van der Waals surface area (Å²) in [5, 5.41) is 0. The van der Waals surface area contributed by atoms with Crippen molar-refractivity contribution in [2.75, 3.05) is 54.1 Å². The molecule has 0 aromatic carbocycles. The van der Waals surface area contributed by atoms with E-state index in [0.717, 1.165) is 51.4 Å². The summed E-state index contributed by atoms with van der Waals surface area (Å²) in [7, 11) is 1.67. The molecule has 9 heteroatoms. The summed E-state index contributed by atoms with van der Waals surface area (Å²) >= 11 is 0. The number of hydrogen-bond acceptors (Lipinski definition) is 6. The number of quaternary nitrogens is 1. The Labute approximate surface area is 423 Å². The van der Waals surface area contributed by atoms with Crippen molar-refractivity contribution in [3.63, 3.8) is 0 Å². The van der Waals surface area contributed by atoms with Gasteiger partial charge in [0.1, 0.15) is 19.3 Å². The van der Waals surface area contributed by atoms with Gasteiger partial charge < -0.3 is 18.9 Å². The monoisotopic (exact) mass is 981 g/mol. The predicted molar refractivity (Wildman–Crippen MR) is 293 cm³/mol. The molecule has 0 aliphatic carbocycles. The fourth-order valence-corrected chi connectivity index (χ4v) is 9.19. The van der Waals surface area contributed by atoms with Crippen molar-refractivity contribution < 1.29 is 37.3 Å². The molecule has 0 radical (unpaired) electrons. The number of hydrogen-bond donors (Lipinski definition) is 1. The fraction of sp³-hybridized carbons (Fsp3) is 0.881. The number of ether oxygens (including phenoxy) is 2. The molecule has 0 aliphatic rings. The highest BCUT2D eigenvalue weighted by molar-refractivity contribution is 7.47. The van der Waals surface area contributed by atoms with Crippen LogP contribution in [0.15, 0.2) is 36.5 Å². The first-order valence-corrected chi connectivity index (χ1v) is 30.7. The third kappa shape index (κ3) is 55.6. The number of unbranched alkanes of at least 4 members (excludes halogenated alkanes) is 35. The molecule has 0 heterocycles. The summed E-state index contributed by atoms with van der Waals surface area (Å²) in [6.07, 6.45) is 64.9. The molecule has 0 bridgehead atoms. The summed E-state index contributed by atoms with van der Waals surface area (Å²) in [5.41, 5.74) is 0. The third-order valence-corrected chi connectivity index (χ3v) is 13.9. The van der Waals surface area contributed by atoms with E-state index in [1.54, 1.807) is 0 Å². The van der Waals surface area contributed by atoms with E-state index in [-0.39, 0.29) is 25.8 Å². The van der Waals surface area contributed by atoms with Crippen molar-refractivity contribution in [2.45, 2.75) is 283 Å². The van der Waals surface area contributed by atoms with Gasteiger partial charge in [-0.15, -0.1) is 0 Å². The smallest absolute Gasteiger partial charge is 0.457 e. The van der Waals surface area contributed by atoms with Crippen LogP contribution in [0.5, 0.6) is 0 Å². The minimum Gasteiger partial charge on any atom is -0.457 e. The second kappa shape index (κ2) is 52.1. The number of likely N-dealkylation sites (N-methyl/N-ethyl adjacent to an activating group) is 1. The van der Waals surface area contributed by atoms with E-state index in [2.05, 4.69) is 50.3 Å². The van der Waals surface area contributed by atoms with Crippen LogP contribution in [0.3, 0.4) is 0 Å². The van der Waals surface area contributed by atoms with E-state index >= 15 is 0 Å². The van der Waals surface area contributed by atoms with E-state index in [9.17, 15) is 14.3 Å². The van der Waals surface area contributed by atoms with Crippen LogP contribution in [0.4, 0.5) is 0 Å². The Hall–Kier alpha value is -1.28. The summed E-state index contributed by atoms with van der Waals surface area (Å²) in [6, 6.07) is 0. The molecule has 0 saturated carbocycles. The topological polar surface area (TPSA) is 91.3 Å². The average Bonchev–Trinajstić information content (AvgIpc) is 3.30. The molecule has 2 unspecified atom stereocenters. The zero-order valence-electron chi connectivity index (χ0n) is 45.9. The first kappa shape index (κ1) is 66.7. The lowest BCUT2D eigenvalue weighted by Crippen LogP contribution is -2.37. The van der Waals surface area contributed by atoms with Crippen molar-refractivity contribution >= 4 is 13.8 Å². The number of esters is 1. The number of phosphoric acid groups is 1. The van der Waals surface area contributed by atoms with E-state index in [1.807, 2.05) is 21.1 Å². The lowest BCUT2D eigenvalue weighted by Gasteiger charge is -2.24. The molecule has 402 valence electrons.